The van der Waals surface area contributed by atoms with Crippen LogP contribution in [0.15, 0.2) is 12.1 Å². The Morgan fingerprint density at radius 1 is 1.29 bits per heavy atom. The summed E-state index contributed by atoms with van der Waals surface area (Å²) in [6, 6.07) is 2.32. The quantitative estimate of drug-likeness (QED) is 0.346. The zero-order chi connectivity index (χ0) is 17.5. The maximum absolute atomic E-state index is 12.1. The minimum absolute atomic E-state index is 0.196. The third kappa shape index (κ3) is 4.34. The topological polar surface area (TPSA) is 117 Å². The molecule has 24 heavy (non-hydrogen) atoms. The lowest BCUT2D eigenvalue weighted by atomic mass is 10.1. The number of hydrogen-bond acceptors (Lipinski definition) is 7. The van der Waals surface area contributed by atoms with E-state index >= 15 is 0 Å². The fraction of sp³-hybridized carbons (Fsp3) is 0.467. The summed E-state index contributed by atoms with van der Waals surface area (Å²) in [5.74, 6) is -1.01. The molecule has 1 amide bonds. The Balaban J connectivity index is 2.07. The van der Waals surface area contributed by atoms with E-state index in [1.54, 1.807) is 0 Å². The molecule has 0 unspecified atom stereocenters. The number of hydrogen-bond donors (Lipinski definition) is 1. The van der Waals surface area contributed by atoms with E-state index in [-0.39, 0.29) is 30.3 Å². The van der Waals surface area contributed by atoms with E-state index in [0.717, 1.165) is 18.9 Å². The summed E-state index contributed by atoms with van der Waals surface area (Å²) in [5, 5.41) is 13.7. The number of nitrogens with one attached hydrogen (secondary N) is 1. The Bertz CT molecular complexity index is 645. The summed E-state index contributed by atoms with van der Waals surface area (Å²) >= 11 is 0. The van der Waals surface area contributed by atoms with Crippen molar-refractivity contribution in [1.82, 2.24) is 5.32 Å². The van der Waals surface area contributed by atoms with Crippen molar-refractivity contribution in [2.24, 2.45) is 0 Å². The van der Waals surface area contributed by atoms with E-state index in [1.165, 1.54) is 6.07 Å². The fourth-order valence-corrected chi connectivity index (χ4v) is 2.06. The second-order valence-corrected chi connectivity index (χ2v) is 5.05. The van der Waals surface area contributed by atoms with Crippen molar-refractivity contribution in [1.29, 1.82) is 0 Å². The average Bonchev–Trinajstić information content (AvgIpc) is 2.58. The SMILES string of the molecule is CCCCNC(=O)COC(=O)c1cc2c(cc1[N+](=O)[O-])OCCO2. The third-order valence-electron chi connectivity index (χ3n) is 3.26. The van der Waals surface area contributed by atoms with Gasteiger partial charge in [0.05, 0.1) is 11.0 Å². The number of fused-ring (bicyclic) bond motifs is 1. The van der Waals surface area contributed by atoms with Crippen molar-refractivity contribution < 1.29 is 28.7 Å². The molecule has 0 radical (unpaired) electrons. The van der Waals surface area contributed by atoms with Crippen LogP contribution in [0.1, 0.15) is 30.1 Å². The molecule has 0 aromatic heterocycles. The molecule has 1 N–H and O–H groups in total. The van der Waals surface area contributed by atoms with Gasteiger partial charge in [0.2, 0.25) is 0 Å². The molecule has 1 heterocycles. The standard InChI is InChI=1S/C15H18N2O7/c1-2-3-4-16-14(18)9-24-15(19)10-7-12-13(23-6-5-22-12)8-11(10)17(20)21/h7-8H,2-6,9H2,1H3,(H,16,18). The summed E-state index contributed by atoms with van der Waals surface area (Å²) < 4.78 is 15.4. The van der Waals surface area contributed by atoms with Gasteiger partial charge in [-0.25, -0.2) is 4.79 Å². The molecule has 0 saturated carbocycles. The molecule has 0 bridgehead atoms. The van der Waals surface area contributed by atoms with Crippen LogP contribution in [0.5, 0.6) is 11.5 Å². The van der Waals surface area contributed by atoms with Gasteiger partial charge >= 0.3 is 5.97 Å². The van der Waals surface area contributed by atoms with Crippen molar-refractivity contribution in [3.8, 4) is 11.5 Å². The van der Waals surface area contributed by atoms with Crippen LogP contribution in [-0.2, 0) is 9.53 Å². The van der Waals surface area contributed by atoms with Gasteiger partial charge in [-0.15, -0.1) is 0 Å². The van der Waals surface area contributed by atoms with Crippen LogP contribution < -0.4 is 14.8 Å². The first-order chi connectivity index (χ1) is 11.5. The summed E-state index contributed by atoms with van der Waals surface area (Å²) in [4.78, 5) is 34.1. The molecule has 1 aromatic rings. The number of unbranched alkanes of at least 4 members (excludes halogenated alkanes) is 1. The highest BCUT2D eigenvalue weighted by atomic mass is 16.6. The lowest BCUT2D eigenvalue weighted by Crippen LogP contribution is -2.29. The van der Waals surface area contributed by atoms with Gasteiger partial charge in [0.1, 0.15) is 18.8 Å². The number of nitro groups is 1. The Morgan fingerprint density at radius 3 is 2.58 bits per heavy atom. The molecule has 1 aromatic carbocycles. The van der Waals surface area contributed by atoms with Crippen LogP contribution in [0.2, 0.25) is 0 Å². The zero-order valence-corrected chi connectivity index (χ0v) is 13.2. The predicted molar refractivity (Wildman–Crippen MR) is 82.3 cm³/mol. The van der Waals surface area contributed by atoms with Gasteiger partial charge < -0.3 is 19.5 Å². The highest BCUT2D eigenvalue weighted by Gasteiger charge is 2.27. The number of benzene rings is 1. The van der Waals surface area contributed by atoms with E-state index in [9.17, 15) is 19.7 Å². The highest BCUT2D eigenvalue weighted by Crippen LogP contribution is 2.36. The van der Waals surface area contributed by atoms with Gasteiger partial charge in [-0.2, -0.15) is 0 Å². The lowest BCUT2D eigenvalue weighted by molar-refractivity contribution is -0.385. The smallest absolute Gasteiger partial charge is 0.345 e. The molecule has 0 spiro atoms. The van der Waals surface area contributed by atoms with Gasteiger partial charge in [0.15, 0.2) is 18.1 Å². The van der Waals surface area contributed by atoms with Crippen LogP contribution in [-0.4, -0.2) is 43.2 Å². The van der Waals surface area contributed by atoms with Gasteiger partial charge in [0.25, 0.3) is 11.6 Å². The largest absolute Gasteiger partial charge is 0.486 e. The van der Waals surface area contributed by atoms with Crippen LogP contribution >= 0.6 is 0 Å². The van der Waals surface area contributed by atoms with Crippen molar-refractivity contribution in [2.45, 2.75) is 19.8 Å². The minimum Gasteiger partial charge on any atom is -0.486 e. The van der Waals surface area contributed by atoms with E-state index in [1.807, 2.05) is 6.92 Å². The van der Waals surface area contributed by atoms with Crippen molar-refractivity contribution in [3.63, 3.8) is 0 Å². The van der Waals surface area contributed by atoms with E-state index in [4.69, 9.17) is 14.2 Å². The Morgan fingerprint density at radius 2 is 1.96 bits per heavy atom. The molecule has 0 atom stereocenters. The predicted octanol–water partition coefficient (Wildman–Crippen LogP) is 1.44. The van der Waals surface area contributed by atoms with E-state index in [2.05, 4.69) is 5.32 Å². The molecule has 9 heteroatoms. The Hall–Kier alpha value is -2.84. The molecule has 130 valence electrons. The molecular weight excluding hydrogens is 320 g/mol. The van der Waals surface area contributed by atoms with Crippen molar-refractivity contribution >= 4 is 17.6 Å². The fourth-order valence-electron chi connectivity index (χ4n) is 2.06. The van der Waals surface area contributed by atoms with Crippen molar-refractivity contribution in [3.05, 3.63) is 27.8 Å². The zero-order valence-electron chi connectivity index (χ0n) is 13.2. The molecule has 0 fully saturated rings. The van der Waals surface area contributed by atoms with E-state index in [0.29, 0.717) is 6.54 Å². The number of amides is 1. The normalized spacial score (nSPS) is 12.4. The molecule has 2 rings (SSSR count). The first-order valence-electron chi connectivity index (χ1n) is 7.54. The van der Waals surface area contributed by atoms with Crippen LogP contribution in [0.25, 0.3) is 0 Å². The number of carbonyl (C=O) groups is 2. The average molecular weight is 338 g/mol. The van der Waals surface area contributed by atoms with Gasteiger partial charge in [-0.3, -0.25) is 14.9 Å². The van der Waals surface area contributed by atoms with E-state index < -0.39 is 29.1 Å². The van der Waals surface area contributed by atoms with Gasteiger partial charge in [0, 0.05) is 12.6 Å². The van der Waals surface area contributed by atoms with Crippen LogP contribution in [0.3, 0.4) is 0 Å². The number of ether oxygens (including phenoxy) is 3. The van der Waals surface area contributed by atoms with Gasteiger partial charge in [-0.1, -0.05) is 13.3 Å². The first kappa shape index (κ1) is 17.5. The Kier molecular flexibility index (Phi) is 5.94. The Labute approximate surface area is 138 Å². The summed E-state index contributed by atoms with van der Waals surface area (Å²) in [6.45, 7) is 2.50. The van der Waals surface area contributed by atoms with Crippen molar-refractivity contribution in [2.75, 3.05) is 26.4 Å². The van der Waals surface area contributed by atoms with Gasteiger partial charge in [-0.05, 0) is 6.42 Å². The maximum Gasteiger partial charge on any atom is 0.345 e. The second-order valence-electron chi connectivity index (χ2n) is 5.05. The first-order valence-corrected chi connectivity index (χ1v) is 7.54. The minimum atomic E-state index is -0.968. The van der Waals surface area contributed by atoms with Crippen LogP contribution in [0, 0.1) is 10.1 Å². The molecule has 1 aliphatic rings. The summed E-state index contributed by atoms with van der Waals surface area (Å²) in [7, 11) is 0. The second kappa shape index (κ2) is 8.14. The number of nitro benzene ring substituents is 1. The summed E-state index contributed by atoms with van der Waals surface area (Å²) in [5.41, 5.74) is -0.749. The number of rotatable bonds is 7. The third-order valence-corrected chi connectivity index (χ3v) is 3.26. The maximum atomic E-state index is 12.1. The molecule has 0 saturated heterocycles. The molecular formula is C15H18N2O7. The lowest BCUT2D eigenvalue weighted by Gasteiger charge is -2.18. The number of nitrogens with zero attached hydrogens (tertiary/aromatic N) is 1. The monoisotopic (exact) mass is 338 g/mol. The number of esters is 1. The summed E-state index contributed by atoms with van der Waals surface area (Å²) in [6.07, 6.45) is 1.73. The highest BCUT2D eigenvalue weighted by molar-refractivity contribution is 5.96. The molecule has 0 aliphatic carbocycles. The molecule has 1 aliphatic heterocycles. The molecule has 9 nitrogen and oxygen atoms in total. The number of carbonyl (C=O) groups excluding carboxylic acids is 2. The van der Waals surface area contributed by atoms with Crippen LogP contribution in [0.4, 0.5) is 5.69 Å².